The second-order valence-electron chi connectivity index (χ2n) is 4.57. The summed E-state index contributed by atoms with van der Waals surface area (Å²) in [6, 6.07) is 7.28. The molecule has 2 N–H and O–H groups in total. The first-order valence-electron chi connectivity index (χ1n) is 6.40. The SMILES string of the molecule is CCN(Cc1ccco1)C(=O)c1cc(Br)cc(N)c1C. The molecule has 0 saturated heterocycles. The maximum Gasteiger partial charge on any atom is 0.254 e. The van der Waals surface area contributed by atoms with Gasteiger partial charge in [-0.05, 0) is 43.7 Å². The van der Waals surface area contributed by atoms with Gasteiger partial charge >= 0.3 is 0 Å². The minimum Gasteiger partial charge on any atom is -0.467 e. The lowest BCUT2D eigenvalue weighted by atomic mass is 10.1. The molecule has 2 rings (SSSR count). The van der Waals surface area contributed by atoms with Crippen molar-refractivity contribution in [2.75, 3.05) is 12.3 Å². The lowest BCUT2D eigenvalue weighted by molar-refractivity contribution is 0.0740. The molecule has 4 nitrogen and oxygen atoms in total. The molecule has 1 amide bonds. The van der Waals surface area contributed by atoms with Crippen LogP contribution in [0.3, 0.4) is 0 Å². The number of nitrogen functional groups attached to an aromatic ring is 1. The van der Waals surface area contributed by atoms with E-state index >= 15 is 0 Å². The average molecular weight is 337 g/mol. The number of furan rings is 1. The van der Waals surface area contributed by atoms with Gasteiger partial charge in [0.2, 0.25) is 0 Å². The summed E-state index contributed by atoms with van der Waals surface area (Å²) < 4.78 is 6.11. The van der Waals surface area contributed by atoms with E-state index in [2.05, 4.69) is 15.9 Å². The third-order valence-corrected chi connectivity index (χ3v) is 3.70. The van der Waals surface area contributed by atoms with Crippen LogP contribution in [0, 0.1) is 6.92 Å². The first-order chi connectivity index (χ1) is 9.52. The molecule has 0 radical (unpaired) electrons. The number of benzene rings is 1. The van der Waals surface area contributed by atoms with Crippen molar-refractivity contribution in [2.45, 2.75) is 20.4 Å². The number of carbonyl (C=O) groups is 1. The first kappa shape index (κ1) is 14.7. The van der Waals surface area contributed by atoms with Crippen LogP contribution in [-0.2, 0) is 6.54 Å². The summed E-state index contributed by atoms with van der Waals surface area (Å²) in [6.07, 6.45) is 1.61. The van der Waals surface area contributed by atoms with Crippen molar-refractivity contribution < 1.29 is 9.21 Å². The molecule has 0 spiro atoms. The van der Waals surface area contributed by atoms with Gasteiger partial charge in [0.25, 0.3) is 5.91 Å². The van der Waals surface area contributed by atoms with Crippen LogP contribution in [0.4, 0.5) is 5.69 Å². The van der Waals surface area contributed by atoms with Gasteiger partial charge in [-0.3, -0.25) is 4.79 Å². The zero-order valence-corrected chi connectivity index (χ0v) is 13.1. The molecule has 0 bridgehead atoms. The number of nitrogens with zero attached hydrogens (tertiary/aromatic N) is 1. The number of halogens is 1. The minimum absolute atomic E-state index is 0.0469. The Labute approximate surface area is 126 Å². The van der Waals surface area contributed by atoms with Crippen LogP contribution in [0.1, 0.15) is 28.6 Å². The van der Waals surface area contributed by atoms with E-state index < -0.39 is 0 Å². The van der Waals surface area contributed by atoms with E-state index in [4.69, 9.17) is 10.2 Å². The molecule has 0 aliphatic heterocycles. The fraction of sp³-hybridized carbons (Fsp3) is 0.267. The van der Waals surface area contributed by atoms with Crippen LogP contribution in [0.15, 0.2) is 39.4 Å². The predicted octanol–water partition coefficient (Wildman–Crippen LogP) is 3.60. The van der Waals surface area contributed by atoms with E-state index in [-0.39, 0.29) is 5.91 Å². The molecule has 0 saturated carbocycles. The Kier molecular flexibility index (Phi) is 4.49. The fourth-order valence-electron chi connectivity index (χ4n) is 2.01. The highest BCUT2D eigenvalue weighted by atomic mass is 79.9. The van der Waals surface area contributed by atoms with Crippen LogP contribution in [0.2, 0.25) is 0 Å². The molecule has 2 aromatic rings. The van der Waals surface area contributed by atoms with E-state index in [0.29, 0.717) is 24.3 Å². The average Bonchev–Trinajstić information content (AvgIpc) is 2.92. The molecule has 0 aliphatic carbocycles. The van der Waals surface area contributed by atoms with Crippen molar-refractivity contribution in [1.29, 1.82) is 0 Å². The number of amides is 1. The van der Waals surface area contributed by atoms with Crippen molar-refractivity contribution in [3.05, 3.63) is 51.9 Å². The maximum atomic E-state index is 12.6. The normalized spacial score (nSPS) is 10.6. The molecule has 1 aromatic heterocycles. The van der Waals surface area contributed by atoms with Crippen molar-refractivity contribution >= 4 is 27.5 Å². The number of hydrogen-bond donors (Lipinski definition) is 1. The van der Waals surface area contributed by atoms with E-state index in [1.165, 1.54) is 0 Å². The molecule has 0 unspecified atom stereocenters. The van der Waals surface area contributed by atoms with Crippen molar-refractivity contribution in [3.8, 4) is 0 Å². The smallest absolute Gasteiger partial charge is 0.254 e. The second-order valence-corrected chi connectivity index (χ2v) is 5.48. The molecule has 1 aromatic carbocycles. The van der Waals surface area contributed by atoms with Crippen LogP contribution in [0.5, 0.6) is 0 Å². The van der Waals surface area contributed by atoms with Crippen LogP contribution >= 0.6 is 15.9 Å². The maximum absolute atomic E-state index is 12.6. The highest BCUT2D eigenvalue weighted by Gasteiger charge is 2.19. The third kappa shape index (κ3) is 3.04. The summed E-state index contributed by atoms with van der Waals surface area (Å²) in [6.45, 7) is 4.85. The predicted molar refractivity (Wildman–Crippen MR) is 82.4 cm³/mol. The van der Waals surface area contributed by atoms with Crippen LogP contribution in [-0.4, -0.2) is 17.4 Å². The largest absolute Gasteiger partial charge is 0.467 e. The van der Waals surface area contributed by atoms with Crippen molar-refractivity contribution in [3.63, 3.8) is 0 Å². The van der Waals surface area contributed by atoms with Gasteiger partial charge in [-0.2, -0.15) is 0 Å². The van der Waals surface area contributed by atoms with E-state index in [9.17, 15) is 4.79 Å². The highest BCUT2D eigenvalue weighted by molar-refractivity contribution is 9.10. The molecular weight excluding hydrogens is 320 g/mol. The van der Waals surface area contributed by atoms with Crippen molar-refractivity contribution in [1.82, 2.24) is 4.90 Å². The number of nitrogens with two attached hydrogens (primary N) is 1. The lowest BCUT2D eigenvalue weighted by Gasteiger charge is -2.21. The number of rotatable bonds is 4. The van der Waals surface area contributed by atoms with Gasteiger partial charge in [-0.15, -0.1) is 0 Å². The first-order valence-corrected chi connectivity index (χ1v) is 7.19. The zero-order valence-electron chi connectivity index (χ0n) is 11.5. The molecule has 0 aliphatic rings. The quantitative estimate of drug-likeness (QED) is 0.868. The Morgan fingerprint density at radius 2 is 2.20 bits per heavy atom. The second kappa shape index (κ2) is 6.13. The summed E-state index contributed by atoms with van der Waals surface area (Å²) in [5, 5.41) is 0. The summed E-state index contributed by atoms with van der Waals surface area (Å²) in [5.41, 5.74) is 7.94. The third-order valence-electron chi connectivity index (χ3n) is 3.24. The van der Waals surface area contributed by atoms with Gasteiger partial charge < -0.3 is 15.1 Å². The summed E-state index contributed by atoms with van der Waals surface area (Å²) in [4.78, 5) is 14.4. The van der Waals surface area contributed by atoms with Crippen LogP contribution in [0.25, 0.3) is 0 Å². The van der Waals surface area contributed by atoms with E-state index in [1.807, 2.05) is 26.0 Å². The Hall–Kier alpha value is -1.75. The number of anilines is 1. The molecule has 20 heavy (non-hydrogen) atoms. The lowest BCUT2D eigenvalue weighted by Crippen LogP contribution is -2.30. The molecule has 1 heterocycles. The standard InChI is InChI=1S/C15H17BrN2O2/c1-3-18(9-12-5-4-6-20-12)15(19)13-7-11(16)8-14(17)10(13)2/h4-8H,3,9,17H2,1-2H3. The van der Waals surface area contributed by atoms with E-state index in [0.717, 1.165) is 15.8 Å². The van der Waals surface area contributed by atoms with E-state index in [1.54, 1.807) is 23.3 Å². The van der Waals surface area contributed by atoms with Gasteiger partial charge in [0.15, 0.2) is 0 Å². The molecule has 0 fully saturated rings. The monoisotopic (exact) mass is 336 g/mol. The van der Waals surface area contributed by atoms with Crippen molar-refractivity contribution in [2.24, 2.45) is 0 Å². The Balaban J connectivity index is 2.29. The summed E-state index contributed by atoms with van der Waals surface area (Å²) in [5.74, 6) is 0.718. The number of hydrogen-bond acceptors (Lipinski definition) is 3. The number of carbonyl (C=O) groups excluding carboxylic acids is 1. The molecule has 106 valence electrons. The van der Waals surface area contributed by atoms with Gasteiger partial charge in [0, 0.05) is 22.3 Å². The molecular formula is C15H17BrN2O2. The highest BCUT2D eigenvalue weighted by Crippen LogP contribution is 2.24. The Bertz CT molecular complexity index is 609. The topological polar surface area (TPSA) is 59.5 Å². The fourth-order valence-corrected chi connectivity index (χ4v) is 2.49. The zero-order chi connectivity index (χ0) is 14.7. The summed E-state index contributed by atoms with van der Waals surface area (Å²) >= 11 is 3.38. The van der Waals surface area contributed by atoms with Gasteiger partial charge in [0.05, 0.1) is 12.8 Å². The van der Waals surface area contributed by atoms with Gasteiger partial charge in [-0.1, -0.05) is 15.9 Å². The molecule has 0 atom stereocenters. The van der Waals surface area contributed by atoms with Crippen LogP contribution < -0.4 is 5.73 Å². The Morgan fingerprint density at radius 3 is 2.80 bits per heavy atom. The molecule has 5 heteroatoms. The Morgan fingerprint density at radius 1 is 1.45 bits per heavy atom. The summed E-state index contributed by atoms with van der Waals surface area (Å²) in [7, 11) is 0. The van der Waals surface area contributed by atoms with Gasteiger partial charge in [-0.25, -0.2) is 0 Å². The van der Waals surface area contributed by atoms with Gasteiger partial charge in [0.1, 0.15) is 5.76 Å². The minimum atomic E-state index is -0.0469.